The van der Waals surface area contributed by atoms with Crippen LogP contribution in [0.2, 0.25) is 0 Å². The van der Waals surface area contributed by atoms with Crippen LogP contribution in [0.1, 0.15) is 63.8 Å². The van der Waals surface area contributed by atoms with Crippen molar-refractivity contribution >= 4 is 23.9 Å². The third kappa shape index (κ3) is 9.36. The van der Waals surface area contributed by atoms with Crippen molar-refractivity contribution in [2.45, 2.75) is 72.6 Å². The van der Waals surface area contributed by atoms with Gasteiger partial charge in [-0.3, -0.25) is 14.4 Å². The van der Waals surface area contributed by atoms with Crippen molar-refractivity contribution in [3.05, 3.63) is 47.5 Å². The molecule has 0 radical (unpaired) electrons. The summed E-state index contributed by atoms with van der Waals surface area (Å²) in [6.07, 6.45) is 1.12. The number of nitrogens with zero attached hydrogens (tertiary/aromatic N) is 1. The van der Waals surface area contributed by atoms with Gasteiger partial charge in [-0.1, -0.05) is 38.1 Å². The zero-order valence-electron chi connectivity index (χ0n) is 22.8. The van der Waals surface area contributed by atoms with Crippen molar-refractivity contribution in [2.75, 3.05) is 20.2 Å². The van der Waals surface area contributed by atoms with Gasteiger partial charge in [-0.2, -0.15) is 0 Å². The molecule has 0 saturated carbocycles. The number of methoxy groups -OCH3 is 1. The SMILES string of the molecule is C=CCN(C(=O)C(CC(C)C)NC(=O)OC(C)(C)C)C(C(=O)NCC(=O)OC)c1c(C)cccc1C. The Morgan fingerprint density at radius 2 is 1.69 bits per heavy atom. The zero-order chi connectivity index (χ0) is 27.6. The van der Waals surface area contributed by atoms with Crippen LogP contribution in [0.5, 0.6) is 0 Å². The van der Waals surface area contributed by atoms with E-state index in [0.29, 0.717) is 12.0 Å². The van der Waals surface area contributed by atoms with Crippen molar-refractivity contribution in [2.24, 2.45) is 5.92 Å². The maximum atomic E-state index is 13.9. The number of nitrogens with one attached hydrogen (secondary N) is 2. The van der Waals surface area contributed by atoms with Crippen molar-refractivity contribution < 1.29 is 28.7 Å². The fourth-order valence-corrected chi connectivity index (χ4v) is 3.82. The van der Waals surface area contributed by atoms with E-state index in [4.69, 9.17) is 4.74 Å². The topological polar surface area (TPSA) is 114 Å². The van der Waals surface area contributed by atoms with Gasteiger partial charge in [0.25, 0.3) is 0 Å². The summed E-state index contributed by atoms with van der Waals surface area (Å²) in [6.45, 7) is 16.2. The van der Waals surface area contributed by atoms with Gasteiger partial charge in [-0.15, -0.1) is 6.58 Å². The molecular formula is C27H41N3O6. The van der Waals surface area contributed by atoms with Crippen molar-refractivity contribution in [3.63, 3.8) is 0 Å². The van der Waals surface area contributed by atoms with Gasteiger partial charge in [0.15, 0.2) is 0 Å². The van der Waals surface area contributed by atoms with Crippen molar-refractivity contribution in [1.29, 1.82) is 0 Å². The minimum Gasteiger partial charge on any atom is -0.468 e. The summed E-state index contributed by atoms with van der Waals surface area (Å²) in [5, 5.41) is 5.26. The fourth-order valence-electron chi connectivity index (χ4n) is 3.82. The van der Waals surface area contributed by atoms with Crippen LogP contribution in [-0.2, 0) is 23.9 Å². The summed E-state index contributed by atoms with van der Waals surface area (Å²) >= 11 is 0. The van der Waals surface area contributed by atoms with Gasteiger partial charge in [-0.25, -0.2) is 4.79 Å². The second-order valence-corrected chi connectivity index (χ2v) is 10.1. The first-order valence-electron chi connectivity index (χ1n) is 12.0. The number of alkyl carbamates (subject to hydrolysis) is 1. The Morgan fingerprint density at radius 1 is 1.11 bits per heavy atom. The Hall–Kier alpha value is -3.36. The van der Waals surface area contributed by atoms with Crippen LogP contribution in [-0.4, -0.2) is 60.6 Å². The first-order valence-corrected chi connectivity index (χ1v) is 12.0. The van der Waals surface area contributed by atoms with E-state index < -0.39 is 41.6 Å². The molecule has 0 aromatic heterocycles. The molecule has 0 fully saturated rings. The van der Waals surface area contributed by atoms with E-state index in [9.17, 15) is 19.2 Å². The summed E-state index contributed by atoms with van der Waals surface area (Å²) in [5.41, 5.74) is 1.49. The standard InChI is InChI=1S/C27H41N3O6/c1-10-14-30(25(33)20(15-17(2)3)29-26(34)36-27(6,7)8)23(24(32)28-16-21(31)35-9)22-18(4)12-11-13-19(22)5/h10-13,17,20,23H,1,14-16H2,2-9H3,(H,28,32)(H,29,34). The van der Waals surface area contributed by atoms with E-state index in [1.807, 2.05) is 45.9 Å². The average Bonchev–Trinajstić information content (AvgIpc) is 2.76. The van der Waals surface area contributed by atoms with Gasteiger partial charge in [0.05, 0.1) is 7.11 Å². The number of carbonyl (C=O) groups is 4. The number of rotatable bonds is 11. The number of hydrogen-bond donors (Lipinski definition) is 2. The van der Waals surface area contributed by atoms with E-state index in [2.05, 4.69) is 21.9 Å². The lowest BCUT2D eigenvalue weighted by Gasteiger charge is -2.35. The number of aryl methyl sites for hydroxylation is 2. The molecule has 9 nitrogen and oxygen atoms in total. The molecule has 36 heavy (non-hydrogen) atoms. The largest absolute Gasteiger partial charge is 0.468 e. The molecule has 200 valence electrons. The Morgan fingerprint density at radius 3 is 2.17 bits per heavy atom. The molecule has 0 aliphatic heterocycles. The number of amides is 3. The Balaban J connectivity index is 3.53. The first-order chi connectivity index (χ1) is 16.7. The second-order valence-electron chi connectivity index (χ2n) is 10.1. The first kappa shape index (κ1) is 30.7. The highest BCUT2D eigenvalue weighted by Crippen LogP contribution is 2.29. The van der Waals surface area contributed by atoms with Crippen molar-refractivity contribution in [1.82, 2.24) is 15.5 Å². The molecule has 0 spiro atoms. The highest BCUT2D eigenvalue weighted by Gasteiger charge is 2.37. The number of esters is 1. The van der Waals surface area contributed by atoms with E-state index in [-0.39, 0.29) is 19.0 Å². The number of ether oxygens (including phenoxy) is 2. The molecule has 1 aromatic carbocycles. The summed E-state index contributed by atoms with van der Waals surface area (Å²) in [4.78, 5) is 53.1. The molecule has 2 unspecified atom stereocenters. The van der Waals surface area contributed by atoms with Gasteiger partial charge >= 0.3 is 12.1 Å². The Bertz CT molecular complexity index is 931. The predicted molar refractivity (Wildman–Crippen MR) is 138 cm³/mol. The van der Waals surface area contributed by atoms with Crippen LogP contribution in [0.3, 0.4) is 0 Å². The molecule has 2 atom stereocenters. The fraction of sp³-hybridized carbons (Fsp3) is 0.556. The number of hydrogen-bond acceptors (Lipinski definition) is 6. The molecule has 2 N–H and O–H groups in total. The lowest BCUT2D eigenvalue weighted by Crippen LogP contribution is -2.54. The maximum Gasteiger partial charge on any atom is 0.408 e. The molecule has 9 heteroatoms. The van der Waals surface area contributed by atoms with Gasteiger partial charge in [0.1, 0.15) is 24.2 Å². The smallest absolute Gasteiger partial charge is 0.408 e. The monoisotopic (exact) mass is 503 g/mol. The molecule has 0 saturated heterocycles. The predicted octanol–water partition coefficient (Wildman–Crippen LogP) is 3.59. The minimum absolute atomic E-state index is 0.0352. The molecule has 0 bridgehead atoms. The van der Waals surface area contributed by atoms with Crippen LogP contribution in [0.15, 0.2) is 30.9 Å². The molecule has 1 rings (SSSR count). The number of carbonyl (C=O) groups excluding carboxylic acids is 4. The second kappa shape index (κ2) is 13.7. The Labute approximate surface area is 214 Å². The minimum atomic E-state index is -1.07. The third-order valence-electron chi connectivity index (χ3n) is 5.32. The highest BCUT2D eigenvalue weighted by atomic mass is 16.6. The van der Waals surface area contributed by atoms with Crippen LogP contribution >= 0.6 is 0 Å². The third-order valence-corrected chi connectivity index (χ3v) is 5.32. The van der Waals surface area contributed by atoms with Crippen LogP contribution in [0, 0.1) is 19.8 Å². The quantitative estimate of drug-likeness (QED) is 0.352. The van der Waals surface area contributed by atoms with Gasteiger partial charge in [0.2, 0.25) is 11.8 Å². The van der Waals surface area contributed by atoms with E-state index in [0.717, 1.165) is 11.1 Å². The molecule has 1 aromatic rings. The summed E-state index contributed by atoms with van der Waals surface area (Å²) < 4.78 is 10.0. The number of benzene rings is 1. The normalized spacial score (nSPS) is 12.8. The highest BCUT2D eigenvalue weighted by molar-refractivity contribution is 5.93. The summed E-state index contributed by atoms with van der Waals surface area (Å²) in [5.74, 6) is -1.57. The molecule has 0 aliphatic rings. The van der Waals surface area contributed by atoms with E-state index in [1.165, 1.54) is 18.1 Å². The van der Waals surface area contributed by atoms with Gasteiger partial charge in [0, 0.05) is 6.54 Å². The van der Waals surface area contributed by atoms with Crippen LogP contribution in [0.4, 0.5) is 4.79 Å². The average molecular weight is 504 g/mol. The molecular weight excluding hydrogens is 462 g/mol. The van der Waals surface area contributed by atoms with Crippen LogP contribution < -0.4 is 10.6 Å². The zero-order valence-corrected chi connectivity index (χ0v) is 22.8. The lowest BCUT2D eigenvalue weighted by molar-refractivity contribution is -0.144. The lowest BCUT2D eigenvalue weighted by atomic mass is 9.93. The molecule has 0 heterocycles. The van der Waals surface area contributed by atoms with Gasteiger partial charge < -0.3 is 25.0 Å². The van der Waals surface area contributed by atoms with Gasteiger partial charge in [-0.05, 0) is 63.6 Å². The maximum absolute atomic E-state index is 13.9. The van der Waals surface area contributed by atoms with Crippen molar-refractivity contribution in [3.8, 4) is 0 Å². The molecule has 0 aliphatic carbocycles. The Kier molecular flexibility index (Phi) is 11.6. The van der Waals surface area contributed by atoms with Crippen LogP contribution in [0.25, 0.3) is 0 Å². The molecule has 3 amide bonds. The summed E-state index contributed by atoms with van der Waals surface area (Å²) in [6, 6.07) is 3.55. The van der Waals surface area contributed by atoms with E-state index >= 15 is 0 Å². The summed E-state index contributed by atoms with van der Waals surface area (Å²) in [7, 11) is 1.23. The van der Waals surface area contributed by atoms with E-state index in [1.54, 1.807) is 20.8 Å².